The zero-order valence-electron chi connectivity index (χ0n) is 17.6. The second-order valence-corrected chi connectivity index (χ2v) is 7.34. The summed E-state index contributed by atoms with van der Waals surface area (Å²) in [7, 11) is 1.65. The minimum atomic E-state index is -0.451. The molecule has 1 N–H and O–H groups in total. The van der Waals surface area contributed by atoms with E-state index in [0.29, 0.717) is 12.4 Å². The number of aromatic nitrogens is 3. The molecule has 2 heterocycles. The van der Waals surface area contributed by atoms with Crippen molar-refractivity contribution in [3.8, 4) is 11.4 Å². The topological polar surface area (TPSA) is 81.4 Å². The second-order valence-electron chi connectivity index (χ2n) is 7.34. The van der Waals surface area contributed by atoms with E-state index in [9.17, 15) is 4.79 Å². The van der Waals surface area contributed by atoms with Gasteiger partial charge in [0.05, 0.1) is 24.9 Å². The van der Waals surface area contributed by atoms with Crippen LogP contribution in [-0.2, 0) is 4.79 Å². The second kappa shape index (κ2) is 8.10. The van der Waals surface area contributed by atoms with Gasteiger partial charge in [-0.05, 0) is 39.0 Å². The number of hydrogen-bond acceptors (Lipinski definition) is 5. The minimum absolute atomic E-state index is 0.0646. The van der Waals surface area contributed by atoms with Crippen molar-refractivity contribution < 1.29 is 9.53 Å². The highest BCUT2D eigenvalue weighted by Crippen LogP contribution is 2.34. The minimum Gasteiger partial charge on any atom is -0.497 e. The number of aliphatic imine (C=N–C) groups is 1. The van der Waals surface area contributed by atoms with E-state index in [1.807, 2.05) is 36.6 Å². The van der Waals surface area contributed by atoms with E-state index in [4.69, 9.17) is 9.73 Å². The lowest BCUT2D eigenvalue weighted by molar-refractivity contribution is -0.121. The Balaban J connectivity index is 1.96. The van der Waals surface area contributed by atoms with Crippen LogP contribution in [-0.4, -0.2) is 40.0 Å². The quantitative estimate of drug-likeness (QED) is 0.709. The standard InChI is InChI=1S/C23H25N5O2/c1-5-24-21(29)13-19-23-27-26-15(3)28(23)20-11-10-17(30-4)12-18(20)22(25-19)16-8-6-14(2)7-9-16/h6-12,19H,5,13H2,1-4H3,(H,24,29)/t19-/m0/s1. The maximum Gasteiger partial charge on any atom is 0.222 e. The largest absolute Gasteiger partial charge is 0.497 e. The highest BCUT2D eigenvalue weighted by Gasteiger charge is 2.29. The maximum atomic E-state index is 12.4. The molecule has 0 saturated heterocycles. The fourth-order valence-electron chi connectivity index (χ4n) is 3.73. The molecule has 1 aromatic heterocycles. The normalized spacial score (nSPS) is 14.9. The Morgan fingerprint density at radius 1 is 1.13 bits per heavy atom. The number of rotatable bonds is 5. The number of methoxy groups -OCH3 is 1. The van der Waals surface area contributed by atoms with Crippen LogP contribution in [0.15, 0.2) is 47.5 Å². The van der Waals surface area contributed by atoms with E-state index in [2.05, 4.69) is 46.7 Å². The molecule has 4 rings (SSSR count). The van der Waals surface area contributed by atoms with Gasteiger partial charge in [0.1, 0.15) is 17.6 Å². The third-order valence-corrected chi connectivity index (χ3v) is 5.21. The first kappa shape index (κ1) is 19.8. The van der Waals surface area contributed by atoms with Gasteiger partial charge < -0.3 is 10.1 Å². The summed E-state index contributed by atoms with van der Waals surface area (Å²) >= 11 is 0. The Labute approximate surface area is 175 Å². The van der Waals surface area contributed by atoms with Crippen LogP contribution in [0.5, 0.6) is 5.75 Å². The van der Waals surface area contributed by atoms with Crippen LogP contribution in [0.2, 0.25) is 0 Å². The number of aryl methyl sites for hydroxylation is 2. The van der Waals surface area contributed by atoms with E-state index in [-0.39, 0.29) is 12.3 Å². The molecule has 1 aliphatic heterocycles. The zero-order valence-corrected chi connectivity index (χ0v) is 17.6. The van der Waals surface area contributed by atoms with Gasteiger partial charge in [-0.2, -0.15) is 0 Å². The number of nitrogens with zero attached hydrogens (tertiary/aromatic N) is 4. The molecular weight excluding hydrogens is 378 g/mol. The van der Waals surface area contributed by atoms with Crippen molar-refractivity contribution in [3.05, 3.63) is 70.8 Å². The van der Waals surface area contributed by atoms with Gasteiger partial charge in [0.25, 0.3) is 0 Å². The average molecular weight is 403 g/mol. The molecule has 7 heteroatoms. The average Bonchev–Trinajstić information content (AvgIpc) is 3.06. The molecule has 7 nitrogen and oxygen atoms in total. The number of carbonyl (C=O) groups excluding carboxylic acids is 1. The number of fused-ring (bicyclic) bond motifs is 3. The van der Waals surface area contributed by atoms with Crippen molar-refractivity contribution in [1.29, 1.82) is 0 Å². The molecule has 30 heavy (non-hydrogen) atoms. The molecule has 0 aliphatic carbocycles. The Morgan fingerprint density at radius 2 is 1.90 bits per heavy atom. The Morgan fingerprint density at radius 3 is 2.60 bits per heavy atom. The Bertz CT molecular complexity index is 1120. The fourth-order valence-corrected chi connectivity index (χ4v) is 3.73. The van der Waals surface area contributed by atoms with Crippen LogP contribution >= 0.6 is 0 Å². The first-order valence-electron chi connectivity index (χ1n) is 10.0. The van der Waals surface area contributed by atoms with E-state index in [1.54, 1.807) is 7.11 Å². The SMILES string of the molecule is CCNC(=O)C[C@@H]1N=C(c2ccc(C)cc2)c2cc(OC)ccc2-n2c(C)nnc21. The molecule has 1 atom stereocenters. The number of nitrogens with one attached hydrogen (secondary N) is 1. The van der Waals surface area contributed by atoms with Crippen LogP contribution in [0.4, 0.5) is 0 Å². The first-order chi connectivity index (χ1) is 14.5. The Kier molecular flexibility index (Phi) is 5.35. The molecule has 1 amide bonds. The highest BCUT2D eigenvalue weighted by molar-refractivity contribution is 6.15. The van der Waals surface area contributed by atoms with Crippen molar-refractivity contribution in [3.63, 3.8) is 0 Å². The Hall–Kier alpha value is -3.48. The summed E-state index contributed by atoms with van der Waals surface area (Å²) in [6, 6.07) is 13.7. The van der Waals surface area contributed by atoms with Gasteiger partial charge in [-0.15, -0.1) is 10.2 Å². The molecule has 1 aliphatic rings. The smallest absolute Gasteiger partial charge is 0.222 e. The van der Waals surface area contributed by atoms with Gasteiger partial charge in [-0.25, -0.2) is 0 Å². The van der Waals surface area contributed by atoms with Gasteiger partial charge in [0, 0.05) is 17.7 Å². The highest BCUT2D eigenvalue weighted by atomic mass is 16.5. The van der Waals surface area contributed by atoms with Crippen molar-refractivity contribution in [2.24, 2.45) is 4.99 Å². The number of hydrogen-bond donors (Lipinski definition) is 1. The molecule has 0 saturated carbocycles. The zero-order chi connectivity index (χ0) is 21.3. The molecular formula is C23H25N5O2. The van der Waals surface area contributed by atoms with Gasteiger partial charge in [0.2, 0.25) is 5.91 Å². The summed E-state index contributed by atoms with van der Waals surface area (Å²) < 4.78 is 7.48. The van der Waals surface area contributed by atoms with Gasteiger partial charge in [-0.1, -0.05) is 29.8 Å². The fraction of sp³-hybridized carbons (Fsp3) is 0.304. The van der Waals surface area contributed by atoms with Crippen LogP contribution < -0.4 is 10.1 Å². The lowest BCUT2D eigenvalue weighted by Gasteiger charge is -2.14. The molecule has 154 valence electrons. The van der Waals surface area contributed by atoms with Crippen molar-refractivity contribution in [2.45, 2.75) is 33.2 Å². The monoisotopic (exact) mass is 403 g/mol. The summed E-state index contributed by atoms with van der Waals surface area (Å²) in [6.45, 7) is 6.44. The summed E-state index contributed by atoms with van der Waals surface area (Å²) in [6.07, 6.45) is 0.201. The van der Waals surface area contributed by atoms with E-state index >= 15 is 0 Å². The maximum absolute atomic E-state index is 12.4. The van der Waals surface area contributed by atoms with Crippen LogP contribution in [0.1, 0.15) is 47.7 Å². The van der Waals surface area contributed by atoms with Gasteiger partial charge >= 0.3 is 0 Å². The van der Waals surface area contributed by atoms with Crippen molar-refractivity contribution in [2.75, 3.05) is 13.7 Å². The van der Waals surface area contributed by atoms with E-state index in [0.717, 1.165) is 34.1 Å². The van der Waals surface area contributed by atoms with Crippen LogP contribution in [0, 0.1) is 13.8 Å². The van der Waals surface area contributed by atoms with Crippen LogP contribution in [0.25, 0.3) is 5.69 Å². The molecule has 0 fully saturated rings. The molecule has 0 radical (unpaired) electrons. The summed E-state index contributed by atoms with van der Waals surface area (Å²) in [5.74, 6) is 2.08. The first-order valence-corrected chi connectivity index (χ1v) is 10.0. The third kappa shape index (κ3) is 3.58. The number of carbonyl (C=O) groups is 1. The summed E-state index contributed by atoms with van der Waals surface area (Å²) in [5, 5.41) is 11.5. The third-order valence-electron chi connectivity index (χ3n) is 5.21. The van der Waals surface area contributed by atoms with Gasteiger partial charge in [0.15, 0.2) is 5.82 Å². The van der Waals surface area contributed by atoms with E-state index < -0.39 is 6.04 Å². The molecule has 3 aromatic rings. The number of benzene rings is 2. The van der Waals surface area contributed by atoms with E-state index in [1.165, 1.54) is 5.56 Å². The van der Waals surface area contributed by atoms with Crippen LogP contribution in [0.3, 0.4) is 0 Å². The molecule has 0 unspecified atom stereocenters. The lowest BCUT2D eigenvalue weighted by atomic mass is 9.99. The summed E-state index contributed by atoms with van der Waals surface area (Å²) in [5.41, 5.74) is 4.80. The predicted octanol–water partition coefficient (Wildman–Crippen LogP) is 3.31. The molecule has 0 bridgehead atoms. The van der Waals surface area contributed by atoms with Gasteiger partial charge in [-0.3, -0.25) is 14.4 Å². The number of amides is 1. The van der Waals surface area contributed by atoms with Crippen molar-refractivity contribution >= 4 is 11.6 Å². The molecule has 0 spiro atoms. The van der Waals surface area contributed by atoms with Crippen molar-refractivity contribution in [1.82, 2.24) is 20.1 Å². The summed E-state index contributed by atoms with van der Waals surface area (Å²) in [4.78, 5) is 17.5. The number of ether oxygens (including phenoxy) is 1. The predicted molar refractivity (Wildman–Crippen MR) is 116 cm³/mol. The lowest BCUT2D eigenvalue weighted by Crippen LogP contribution is -2.25. The molecule has 2 aromatic carbocycles.